The lowest BCUT2D eigenvalue weighted by Gasteiger charge is -2.20. The highest BCUT2D eigenvalue weighted by atomic mass is 31.2. The number of allylic oxidation sites excluding steroid dienone is 10. The number of ether oxygens (including phenoxy) is 2. The number of nitrogens with two attached hydrogens (primary N) is 1. The summed E-state index contributed by atoms with van der Waals surface area (Å²) in [6.07, 6.45) is 38.6. The van der Waals surface area contributed by atoms with Gasteiger partial charge in [0.15, 0.2) is 0 Å². The summed E-state index contributed by atoms with van der Waals surface area (Å²) in [7, 11) is -4.62. The zero-order chi connectivity index (χ0) is 36.3. The number of rotatable bonds is 34. The predicted octanol–water partition coefficient (Wildman–Crippen LogP) is 9.30. The Morgan fingerprint density at radius 1 is 0.673 bits per heavy atom. The number of aliphatic carboxylic acids is 1. The van der Waals surface area contributed by atoms with Crippen LogP contribution in [0.15, 0.2) is 60.8 Å². The Morgan fingerprint density at radius 2 is 1.16 bits per heavy atom. The van der Waals surface area contributed by atoms with E-state index in [1.807, 2.05) is 6.08 Å². The maximum absolute atomic E-state index is 12.5. The molecule has 10 nitrogen and oxygen atoms in total. The Kier molecular flexibility index (Phi) is 32.5. The second kappa shape index (κ2) is 34.1. The second-order valence-corrected chi connectivity index (χ2v) is 13.4. The lowest BCUT2D eigenvalue weighted by molar-refractivity contribution is -0.154. The largest absolute Gasteiger partial charge is 0.480 e. The number of carbonyl (C=O) groups excluding carboxylic acids is 1. The molecule has 0 radical (unpaired) electrons. The lowest BCUT2D eigenvalue weighted by Crippen LogP contribution is -2.34. The van der Waals surface area contributed by atoms with Crippen LogP contribution in [-0.4, -0.2) is 60.5 Å². The highest BCUT2D eigenvalue weighted by Gasteiger charge is 2.27. The van der Waals surface area contributed by atoms with Gasteiger partial charge in [0.05, 0.1) is 19.8 Å². The van der Waals surface area contributed by atoms with Gasteiger partial charge in [0, 0.05) is 13.0 Å². The fourth-order valence-electron chi connectivity index (χ4n) is 4.46. The minimum Gasteiger partial charge on any atom is -0.480 e. The highest BCUT2D eigenvalue weighted by Crippen LogP contribution is 2.43. The third kappa shape index (κ3) is 33.9. The van der Waals surface area contributed by atoms with E-state index >= 15 is 0 Å². The minimum absolute atomic E-state index is 0.00736. The van der Waals surface area contributed by atoms with E-state index < -0.39 is 45.1 Å². The van der Waals surface area contributed by atoms with Crippen LogP contribution in [0.25, 0.3) is 0 Å². The molecular formula is C38H66NO9P. The normalized spacial score (nSPS) is 14.9. The quantitative estimate of drug-likeness (QED) is 0.0255. The number of phosphoric acid groups is 1. The molecule has 0 aromatic heterocycles. The van der Waals surface area contributed by atoms with Crippen LogP contribution in [0.3, 0.4) is 0 Å². The zero-order valence-electron chi connectivity index (χ0n) is 30.3. The third-order valence-corrected chi connectivity index (χ3v) is 8.26. The van der Waals surface area contributed by atoms with Gasteiger partial charge in [-0.3, -0.25) is 18.6 Å². The highest BCUT2D eigenvalue weighted by molar-refractivity contribution is 7.47. The van der Waals surface area contributed by atoms with Crippen LogP contribution in [0, 0.1) is 0 Å². The molecule has 0 saturated heterocycles. The van der Waals surface area contributed by atoms with Crippen molar-refractivity contribution in [2.75, 3.05) is 26.4 Å². The predicted molar refractivity (Wildman–Crippen MR) is 198 cm³/mol. The number of hydrogen-bond acceptors (Lipinski definition) is 8. The van der Waals surface area contributed by atoms with Crippen molar-refractivity contribution in [1.82, 2.24) is 0 Å². The summed E-state index contributed by atoms with van der Waals surface area (Å²) in [5, 5.41) is 8.85. The molecule has 0 bridgehead atoms. The molecule has 0 aliphatic rings. The second-order valence-electron chi connectivity index (χ2n) is 12.0. The van der Waals surface area contributed by atoms with Gasteiger partial charge in [-0.05, 0) is 51.4 Å². The van der Waals surface area contributed by atoms with Gasteiger partial charge >= 0.3 is 19.8 Å². The Balaban J connectivity index is 4.44. The van der Waals surface area contributed by atoms with E-state index in [1.54, 1.807) is 0 Å². The van der Waals surface area contributed by atoms with Gasteiger partial charge in [-0.15, -0.1) is 0 Å². The summed E-state index contributed by atoms with van der Waals surface area (Å²) >= 11 is 0. The summed E-state index contributed by atoms with van der Waals surface area (Å²) in [4.78, 5) is 33.3. The minimum atomic E-state index is -4.62. The van der Waals surface area contributed by atoms with Crippen molar-refractivity contribution in [3.8, 4) is 0 Å². The van der Waals surface area contributed by atoms with Crippen LogP contribution < -0.4 is 5.73 Å². The Hall–Kier alpha value is -2.33. The van der Waals surface area contributed by atoms with Gasteiger partial charge in [0.25, 0.3) is 0 Å². The SMILES string of the molecule is CC/C=C\C/C=C\C/C=C\C/C=C\C/C=C\CCCC(=O)OC(COCCCCCCCCCCCC)COP(=O)(O)OCC(N)C(=O)O. The Morgan fingerprint density at radius 3 is 1.69 bits per heavy atom. The van der Waals surface area contributed by atoms with Crippen LogP contribution in [0.4, 0.5) is 0 Å². The van der Waals surface area contributed by atoms with Gasteiger partial charge in [-0.1, -0.05) is 132 Å². The molecule has 0 aliphatic carbocycles. The van der Waals surface area contributed by atoms with Crippen LogP contribution in [0.5, 0.6) is 0 Å². The molecule has 282 valence electrons. The average Bonchev–Trinajstić information content (AvgIpc) is 3.07. The van der Waals surface area contributed by atoms with Crippen molar-refractivity contribution in [2.45, 2.75) is 142 Å². The van der Waals surface area contributed by atoms with Crippen LogP contribution in [0.2, 0.25) is 0 Å². The summed E-state index contributed by atoms with van der Waals surface area (Å²) in [5.74, 6) is -1.85. The first-order chi connectivity index (χ1) is 23.7. The van der Waals surface area contributed by atoms with Gasteiger partial charge in [-0.25, -0.2) is 4.57 Å². The van der Waals surface area contributed by atoms with Gasteiger partial charge in [0.1, 0.15) is 12.1 Å². The molecule has 0 aromatic carbocycles. The van der Waals surface area contributed by atoms with Crippen molar-refractivity contribution in [3.05, 3.63) is 60.8 Å². The molecule has 0 saturated carbocycles. The summed E-state index contributed by atoms with van der Waals surface area (Å²) < 4.78 is 33.1. The molecule has 0 amide bonds. The number of carbonyl (C=O) groups is 2. The summed E-state index contributed by atoms with van der Waals surface area (Å²) in [5.41, 5.74) is 5.32. The van der Waals surface area contributed by atoms with Crippen molar-refractivity contribution >= 4 is 19.8 Å². The standard InChI is InChI=1S/C38H66NO9P/c1-3-5-7-9-11-13-15-16-17-18-19-20-21-22-24-26-28-30-37(40)48-35(33-46-49(43,44)47-34-36(39)38(41)42)32-45-31-29-27-25-23-14-12-10-8-6-4-2/h5,7,11,13,16-17,19-20,22,24,35-36H,3-4,6,8-10,12,14-15,18,21,23,25-34,39H2,1-2H3,(H,41,42)(H,43,44)/b7-5-,13-11-,17-16-,20-19-,24-22-. The van der Waals surface area contributed by atoms with Crippen LogP contribution in [0.1, 0.15) is 129 Å². The molecule has 0 heterocycles. The van der Waals surface area contributed by atoms with E-state index in [4.69, 9.17) is 24.8 Å². The number of carboxylic acid groups (broad SMARTS) is 1. The average molecular weight is 712 g/mol. The number of esters is 1. The first-order valence-electron chi connectivity index (χ1n) is 18.3. The van der Waals surface area contributed by atoms with Crippen molar-refractivity contribution in [2.24, 2.45) is 5.73 Å². The molecule has 3 atom stereocenters. The third-order valence-electron chi connectivity index (χ3n) is 7.31. The molecule has 3 unspecified atom stereocenters. The number of hydrogen-bond donors (Lipinski definition) is 3. The molecule has 49 heavy (non-hydrogen) atoms. The fraction of sp³-hybridized carbons (Fsp3) is 0.684. The van der Waals surface area contributed by atoms with Gasteiger partial charge in [-0.2, -0.15) is 0 Å². The molecule has 0 fully saturated rings. The van der Waals surface area contributed by atoms with Gasteiger partial charge < -0.3 is 25.2 Å². The lowest BCUT2D eigenvalue weighted by atomic mass is 10.1. The van der Waals surface area contributed by atoms with Crippen molar-refractivity contribution in [3.63, 3.8) is 0 Å². The molecule has 0 rings (SSSR count). The van der Waals surface area contributed by atoms with Crippen molar-refractivity contribution in [1.29, 1.82) is 0 Å². The Labute approximate surface area is 296 Å². The maximum atomic E-state index is 12.5. The summed E-state index contributed by atoms with van der Waals surface area (Å²) in [6, 6.07) is -1.48. The van der Waals surface area contributed by atoms with E-state index in [1.165, 1.54) is 44.9 Å². The molecule has 0 aliphatic heterocycles. The van der Waals surface area contributed by atoms with Gasteiger partial charge in [0.2, 0.25) is 0 Å². The number of unbranched alkanes of at least 4 members (excludes halogenated alkanes) is 10. The first-order valence-corrected chi connectivity index (χ1v) is 19.8. The smallest absolute Gasteiger partial charge is 0.472 e. The van der Waals surface area contributed by atoms with Crippen LogP contribution >= 0.6 is 7.82 Å². The molecule has 0 spiro atoms. The van der Waals surface area contributed by atoms with Crippen molar-refractivity contribution < 1.29 is 42.7 Å². The van der Waals surface area contributed by atoms with E-state index in [-0.39, 0.29) is 13.0 Å². The first kappa shape index (κ1) is 46.7. The molecule has 4 N–H and O–H groups in total. The fourth-order valence-corrected chi connectivity index (χ4v) is 5.24. The molecule has 11 heteroatoms. The monoisotopic (exact) mass is 711 g/mol. The Bertz CT molecular complexity index is 1010. The topological polar surface area (TPSA) is 155 Å². The van der Waals surface area contributed by atoms with E-state index in [2.05, 4.69) is 73.1 Å². The maximum Gasteiger partial charge on any atom is 0.472 e. The number of carboxylic acids is 1. The van der Waals surface area contributed by atoms with E-state index in [0.717, 1.165) is 51.4 Å². The van der Waals surface area contributed by atoms with E-state index in [9.17, 15) is 19.0 Å². The summed E-state index contributed by atoms with van der Waals surface area (Å²) in [6.45, 7) is 3.65. The zero-order valence-corrected chi connectivity index (χ0v) is 31.2. The number of phosphoric ester groups is 1. The van der Waals surface area contributed by atoms with Crippen LogP contribution in [-0.2, 0) is 32.7 Å². The molecular weight excluding hydrogens is 645 g/mol. The van der Waals surface area contributed by atoms with E-state index in [0.29, 0.717) is 19.4 Å². The molecule has 0 aromatic rings.